The summed E-state index contributed by atoms with van der Waals surface area (Å²) in [6.45, 7) is 1.92. The minimum absolute atomic E-state index is 0.0676. The summed E-state index contributed by atoms with van der Waals surface area (Å²) in [5, 5.41) is 4.99. The molecule has 2 amide bonds. The first-order chi connectivity index (χ1) is 8.00. The van der Waals surface area contributed by atoms with Gasteiger partial charge in [-0.2, -0.15) is 0 Å². The summed E-state index contributed by atoms with van der Waals surface area (Å²) in [5.41, 5.74) is 5.56. The highest BCUT2D eigenvalue weighted by molar-refractivity contribution is 5.94. The van der Waals surface area contributed by atoms with Crippen LogP contribution in [0.1, 0.15) is 17.3 Å². The lowest BCUT2D eigenvalue weighted by Crippen LogP contribution is -2.34. The maximum atomic E-state index is 13.3. The number of carbonyl (C=O) groups excluding carboxylic acids is 2. The molecule has 0 aliphatic carbocycles. The Hall–Kier alpha value is -2.11. The molecular weight excluding hydrogens is 225 g/mol. The molecule has 0 bridgehead atoms. The van der Waals surface area contributed by atoms with Gasteiger partial charge >= 0.3 is 0 Å². The highest BCUT2D eigenvalue weighted by Crippen LogP contribution is 2.11. The van der Waals surface area contributed by atoms with Gasteiger partial charge in [0.2, 0.25) is 5.91 Å². The number of nitrogens with one attached hydrogen (secondary N) is 2. The van der Waals surface area contributed by atoms with Crippen molar-refractivity contribution in [3.05, 3.63) is 29.6 Å². The molecule has 0 atom stereocenters. The Morgan fingerprint density at radius 3 is 2.53 bits per heavy atom. The Bertz CT molecular complexity index is 435. The summed E-state index contributed by atoms with van der Waals surface area (Å²) in [7, 11) is 0. The maximum absolute atomic E-state index is 13.3. The molecule has 0 aromatic heterocycles. The fraction of sp³-hybridized carbons (Fsp3) is 0.273. The van der Waals surface area contributed by atoms with Crippen molar-refractivity contribution < 1.29 is 14.0 Å². The molecule has 0 heterocycles. The van der Waals surface area contributed by atoms with Crippen LogP contribution < -0.4 is 16.4 Å². The number of benzene rings is 1. The normalized spacial score (nSPS) is 9.76. The molecule has 5 nitrogen and oxygen atoms in total. The van der Waals surface area contributed by atoms with Gasteiger partial charge in [0.25, 0.3) is 5.91 Å². The number of halogens is 1. The summed E-state index contributed by atoms with van der Waals surface area (Å²) in [5.74, 6) is -1.38. The number of nitrogens with two attached hydrogens (primary N) is 1. The van der Waals surface area contributed by atoms with Gasteiger partial charge in [-0.1, -0.05) is 0 Å². The quantitative estimate of drug-likeness (QED) is 0.521. The smallest absolute Gasteiger partial charge is 0.254 e. The van der Waals surface area contributed by atoms with Gasteiger partial charge in [0.1, 0.15) is 5.82 Å². The van der Waals surface area contributed by atoms with Crippen LogP contribution >= 0.6 is 0 Å². The van der Waals surface area contributed by atoms with E-state index in [4.69, 9.17) is 5.73 Å². The van der Waals surface area contributed by atoms with Gasteiger partial charge in [-0.3, -0.25) is 9.59 Å². The third kappa shape index (κ3) is 4.10. The molecule has 92 valence electrons. The molecule has 1 rings (SSSR count). The van der Waals surface area contributed by atoms with Crippen LogP contribution in [-0.2, 0) is 4.79 Å². The predicted molar refractivity (Wildman–Crippen MR) is 61.8 cm³/mol. The number of carbonyl (C=O) groups is 2. The third-order valence-electron chi connectivity index (χ3n) is 2.02. The van der Waals surface area contributed by atoms with Crippen LogP contribution in [0.3, 0.4) is 0 Å². The number of nitrogen functional groups attached to an aromatic ring is 1. The van der Waals surface area contributed by atoms with Crippen molar-refractivity contribution in [2.75, 3.05) is 18.8 Å². The number of anilines is 1. The zero-order chi connectivity index (χ0) is 12.8. The Labute approximate surface area is 98.2 Å². The van der Waals surface area contributed by atoms with E-state index in [-0.39, 0.29) is 23.7 Å². The Balaban J connectivity index is 2.50. The topological polar surface area (TPSA) is 84.2 Å². The van der Waals surface area contributed by atoms with Gasteiger partial charge in [-0.05, 0) is 18.2 Å². The fourth-order valence-corrected chi connectivity index (χ4v) is 1.23. The lowest BCUT2D eigenvalue weighted by molar-refractivity contribution is -0.118. The molecule has 1 aromatic rings. The monoisotopic (exact) mass is 239 g/mol. The molecular formula is C11H14FN3O2. The lowest BCUT2D eigenvalue weighted by Gasteiger charge is -2.06. The Morgan fingerprint density at radius 1 is 1.29 bits per heavy atom. The van der Waals surface area contributed by atoms with E-state index in [1.165, 1.54) is 19.1 Å². The number of amides is 2. The van der Waals surface area contributed by atoms with Crippen molar-refractivity contribution in [2.24, 2.45) is 0 Å². The largest absolute Gasteiger partial charge is 0.399 e. The first kappa shape index (κ1) is 13.0. The molecule has 0 aliphatic rings. The Morgan fingerprint density at radius 2 is 1.94 bits per heavy atom. The molecule has 0 aliphatic heterocycles. The average molecular weight is 239 g/mol. The second-order valence-electron chi connectivity index (χ2n) is 3.48. The van der Waals surface area contributed by atoms with Crippen LogP contribution in [0.5, 0.6) is 0 Å². The van der Waals surface area contributed by atoms with Crippen molar-refractivity contribution in [1.29, 1.82) is 0 Å². The van der Waals surface area contributed by atoms with Crippen LogP contribution in [-0.4, -0.2) is 24.9 Å². The first-order valence-corrected chi connectivity index (χ1v) is 5.08. The van der Waals surface area contributed by atoms with Crippen LogP contribution in [0, 0.1) is 5.82 Å². The standard InChI is InChI=1S/C11H14FN3O2/c1-7(16)14-4-5-15-11(17)9-3-2-8(13)6-10(9)12/h2-3,6H,4-5,13H2,1H3,(H,14,16)(H,15,17). The lowest BCUT2D eigenvalue weighted by atomic mass is 10.2. The first-order valence-electron chi connectivity index (χ1n) is 5.08. The zero-order valence-electron chi connectivity index (χ0n) is 9.42. The van der Waals surface area contributed by atoms with E-state index >= 15 is 0 Å². The molecule has 6 heteroatoms. The van der Waals surface area contributed by atoms with Gasteiger partial charge < -0.3 is 16.4 Å². The molecule has 17 heavy (non-hydrogen) atoms. The average Bonchev–Trinajstić information content (AvgIpc) is 2.23. The zero-order valence-corrected chi connectivity index (χ0v) is 9.42. The van der Waals surface area contributed by atoms with Gasteiger partial charge in [0.15, 0.2) is 0 Å². The van der Waals surface area contributed by atoms with Crippen LogP contribution in [0.4, 0.5) is 10.1 Å². The number of hydrogen-bond donors (Lipinski definition) is 3. The van der Waals surface area contributed by atoms with Crippen LogP contribution in [0.15, 0.2) is 18.2 Å². The minimum atomic E-state index is -0.665. The molecule has 4 N–H and O–H groups in total. The summed E-state index contributed by atoms with van der Waals surface area (Å²) in [6, 6.07) is 3.85. The minimum Gasteiger partial charge on any atom is -0.399 e. The molecule has 0 fully saturated rings. The van der Waals surface area contributed by atoms with Gasteiger partial charge in [0.05, 0.1) is 5.56 Å². The van der Waals surface area contributed by atoms with E-state index in [0.717, 1.165) is 6.07 Å². The van der Waals surface area contributed by atoms with E-state index in [1.807, 2.05) is 0 Å². The SMILES string of the molecule is CC(=O)NCCNC(=O)c1ccc(N)cc1F. The fourth-order valence-electron chi connectivity index (χ4n) is 1.23. The highest BCUT2D eigenvalue weighted by Gasteiger charge is 2.10. The van der Waals surface area contributed by atoms with Gasteiger partial charge in [0, 0.05) is 25.7 Å². The van der Waals surface area contributed by atoms with Crippen molar-refractivity contribution in [1.82, 2.24) is 10.6 Å². The summed E-state index contributed by atoms with van der Waals surface area (Å²) < 4.78 is 13.3. The molecule has 0 saturated heterocycles. The van der Waals surface area contributed by atoms with E-state index < -0.39 is 11.7 Å². The highest BCUT2D eigenvalue weighted by atomic mass is 19.1. The van der Waals surface area contributed by atoms with Gasteiger partial charge in [-0.25, -0.2) is 4.39 Å². The van der Waals surface area contributed by atoms with Crippen molar-refractivity contribution >= 4 is 17.5 Å². The summed E-state index contributed by atoms with van der Waals surface area (Å²) >= 11 is 0. The molecule has 0 saturated carbocycles. The number of rotatable bonds is 4. The van der Waals surface area contributed by atoms with Gasteiger partial charge in [-0.15, -0.1) is 0 Å². The van der Waals surface area contributed by atoms with Crippen LogP contribution in [0.2, 0.25) is 0 Å². The third-order valence-corrected chi connectivity index (χ3v) is 2.02. The van der Waals surface area contributed by atoms with E-state index in [2.05, 4.69) is 10.6 Å². The second-order valence-corrected chi connectivity index (χ2v) is 3.48. The molecule has 0 spiro atoms. The van der Waals surface area contributed by atoms with Crippen molar-refractivity contribution in [3.63, 3.8) is 0 Å². The second kappa shape index (κ2) is 5.83. The van der Waals surface area contributed by atoms with Crippen molar-refractivity contribution in [2.45, 2.75) is 6.92 Å². The molecule has 0 unspecified atom stereocenters. The van der Waals surface area contributed by atoms with E-state index in [9.17, 15) is 14.0 Å². The predicted octanol–water partition coefficient (Wildman–Crippen LogP) is 0.274. The summed E-state index contributed by atoms with van der Waals surface area (Å²) in [4.78, 5) is 22.1. The Kier molecular flexibility index (Phi) is 4.45. The van der Waals surface area contributed by atoms with E-state index in [1.54, 1.807) is 0 Å². The van der Waals surface area contributed by atoms with Crippen LogP contribution in [0.25, 0.3) is 0 Å². The molecule has 1 aromatic carbocycles. The van der Waals surface area contributed by atoms with Crippen molar-refractivity contribution in [3.8, 4) is 0 Å². The molecule has 0 radical (unpaired) electrons. The van der Waals surface area contributed by atoms with E-state index in [0.29, 0.717) is 6.54 Å². The summed E-state index contributed by atoms with van der Waals surface area (Å²) in [6.07, 6.45) is 0. The number of hydrogen-bond acceptors (Lipinski definition) is 3. The maximum Gasteiger partial charge on any atom is 0.254 e.